The van der Waals surface area contributed by atoms with Gasteiger partial charge in [-0.15, -0.1) is 0 Å². The average molecular weight is 311 g/mol. The van der Waals surface area contributed by atoms with Crippen LogP contribution in [0, 0.1) is 28.9 Å². The quantitative estimate of drug-likeness (QED) is 0.786. The molecule has 4 nitrogen and oxygen atoms in total. The molecule has 0 bridgehead atoms. The number of ether oxygens (including phenoxy) is 1. The highest BCUT2D eigenvalue weighted by atomic mass is 19.1. The normalized spacial score (nSPS) is 13.3. The third-order valence-corrected chi connectivity index (χ3v) is 3.48. The van der Waals surface area contributed by atoms with Gasteiger partial charge in [0.1, 0.15) is 11.6 Å². The van der Waals surface area contributed by atoms with E-state index in [1.54, 1.807) is 13.8 Å². The Kier molecular flexibility index (Phi) is 6.93. The molecule has 6 heteroatoms. The van der Waals surface area contributed by atoms with E-state index in [1.807, 2.05) is 6.07 Å². The second-order valence-corrected chi connectivity index (χ2v) is 4.89. The number of carbonyl (C=O) groups excluding carboxylic acids is 1. The molecule has 0 aliphatic rings. The lowest BCUT2D eigenvalue weighted by molar-refractivity contribution is -0.143. The van der Waals surface area contributed by atoms with Crippen LogP contribution in [0.3, 0.4) is 0 Å². The highest BCUT2D eigenvalue weighted by Crippen LogP contribution is 2.34. The van der Waals surface area contributed by atoms with E-state index in [2.05, 4.69) is 0 Å². The summed E-state index contributed by atoms with van der Waals surface area (Å²) in [7, 11) is 0. The van der Waals surface area contributed by atoms with Crippen LogP contribution >= 0.6 is 0 Å². The van der Waals surface area contributed by atoms with Crippen LogP contribution in [-0.4, -0.2) is 17.7 Å². The molecule has 22 heavy (non-hydrogen) atoms. The van der Waals surface area contributed by atoms with Gasteiger partial charge in [-0.3, -0.25) is 4.79 Å². The molecule has 0 aromatic heterocycles. The van der Waals surface area contributed by atoms with Crippen molar-refractivity contribution in [3.8, 4) is 6.07 Å². The molecule has 0 saturated heterocycles. The molecule has 0 radical (unpaired) electrons. The molecule has 0 aliphatic heterocycles. The summed E-state index contributed by atoms with van der Waals surface area (Å²) in [5.74, 6) is -3.99. The molecule has 2 unspecified atom stereocenters. The number of esters is 1. The number of halogens is 2. The Balaban J connectivity index is 3.27. The Morgan fingerprint density at radius 2 is 1.95 bits per heavy atom. The van der Waals surface area contributed by atoms with E-state index in [4.69, 9.17) is 9.84 Å². The topological polar surface area (TPSA) is 70.3 Å². The van der Waals surface area contributed by atoms with Crippen LogP contribution in [-0.2, 0) is 16.1 Å². The molecule has 1 N–H and O–H groups in total. The highest BCUT2D eigenvalue weighted by Gasteiger charge is 2.30. The Hall–Kier alpha value is -2.00. The smallest absolute Gasteiger partial charge is 0.306 e. The molecule has 1 aromatic rings. The molecular formula is C16H19F2NO3. The van der Waals surface area contributed by atoms with Crippen LogP contribution in [0.4, 0.5) is 8.78 Å². The Morgan fingerprint density at radius 3 is 2.36 bits per heavy atom. The van der Waals surface area contributed by atoms with E-state index in [0.29, 0.717) is 6.42 Å². The predicted molar refractivity (Wildman–Crippen MR) is 75.7 cm³/mol. The first-order valence-corrected chi connectivity index (χ1v) is 7.12. The number of aliphatic hydroxyl groups excluding tert-OH is 1. The number of aliphatic hydroxyl groups is 1. The van der Waals surface area contributed by atoms with Gasteiger partial charge in [0.25, 0.3) is 0 Å². The second-order valence-electron chi connectivity index (χ2n) is 4.89. The number of benzene rings is 1. The van der Waals surface area contributed by atoms with Crippen molar-refractivity contribution in [3.05, 3.63) is 34.9 Å². The maximum Gasteiger partial charge on any atom is 0.306 e. The van der Waals surface area contributed by atoms with Gasteiger partial charge in [0, 0.05) is 11.5 Å². The van der Waals surface area contributed by atoms with Gasteiger partial charge in [-0.25, -0.2) is 8.78 Å². The van der Waals surface area contributed by atoms with E-state index in [9.17, 15) is 18.8 Å². The maximum atomic E-state index is 14.2. The van der Waals surface area contributed by atoms with Gasteiger partial charge in [-0.05, 0) is 31.0 Å². The van der Waals surface area contributed by atoms with Crippen molar-refractivity contribution in [3.63, 3.8) is 0 Å². The second kappa shape index (κ2) is 8.44. The fourth-order valence-electron chi connectivity index (χ4n) is 2.39. The van der Waals surface area contributed by atoms with Crippen molar-refractivity contribution < 1.29 is 23.4 Å². The molecule has 0 saturated carbocycles. The molecule has 0 amide bonds. The lowest BCUT2D eigenvalue weighted by atomic mass is 9.82. The van der Waals surface area contributed by atoms with Gasteiger partial charge in [-0.1, -0.05) is 6.92 Å². The standard InChI is InChI=1S/C16H19F2NO3/c1-3-11(8-19)12(7-15(21)22-4-2)16-13(17)5-10(9-20)6-14(16)18/h5-6,11-12,20H,3-4,7,9H2,1-2H3. The molecule has 0 fully saturated rings. The molecule has 0 aliphatic carbocycles. The Bertz CT molecular complexity index is 546. The van der Waals surface area contributed by atoms with Crippen molar-refractivity contribution in [1.29, 1.82) is 5.26 Å². The van der Waals surface area contributed by atoms with Crippen molar-refractivity contribution in [2.45, 2.75) is 39.2 Å². The number of carbonyl (C=O) groups is 1. The number of nitriles is 1. The van der Waals surface area contributed by atoms with Crippen LogP contribution in [0.2, 0.25) is 0 Å². The third-order valence-electron chi connectivity index (χ3n) is 3.48. The molecule has 0 spiro atoms. The maximum absolute atomic E-state index is 14.2. The predicted octanol–water partition coefficient (Wildman–Crippen LogP) is 3.04. The first kappa shape index (κ1) is 18.1. The van der Waals surface area contributed by atoms with Crippen LogP contribution < -0.4 is 0 Å². The van der Waals surface area contributed by atoms with Gasteiger partial charge in [0.05, 0.1) is 31.6 Å². The van der Waals surface area contributed by atoms with Crippen molar-refractivity contribution in [2.75, 3.05) is 6.61 Å². The molecule has 0 heterocycles. The summed E-state index contributed by atoms with van der Waals surface area (Å²) in [5, 5.41) is 18.2. The third kappa shape index (κ3) is 4.25. The number of nitrogens with zero attached hydrogens (tertiary/aromatic N) is 1. The Labute approximate surface area is 128 Å². The first-order chi connectivity index (χ1) is 10.5. The summed E-state index contributed by atoms with van der Waals surface area (Å²) in [6.07, 6.45) is 0.0768. The lowest BCUT2D eigenvalue weighted by Crippen LogP contribution is -2.20. The van der Waals surface area contributed by atoms with E-state index in [1.165, 1.54) is 0 Å². The molecular weight excluding hydrogens is 292 g/mol. The summed E-state index contributed by atoms with van der Waals surface area (Å²) in [4.78, 5) is 11.7. The fourth-order valence-corrected chi connectivity index (χ4v) is 2.39. The summed E-state index contributed by atoms with van der Waals surface area (Å²) >= 11 is 0. The van der Waals surface area contributed by atoms with E-state index >= 15 is 0 Å². The summed E-state index contributed by atoms with van der Waals surface area (Å²) in [6, 6.07) is 4.02. The minimum atomic E-state index is -0.929. The van der Waals surface area contributed by atoms with Crippen molar-refractivity contribution in [1.82, 2.24) is 0 Å². The van der Waals surface area contributed by atoms with Gasteiger partial charge in [-0.2, -0.15) is 5.26 Å². The highest BCUT2D eigenvalue weighted by molar-refractivity contribution is 5.70. The van der Waals surface area contributed by atoms with E-state index in [0.717, 1.165) is 12.1 Å². The summed E-state index contributed by atoms with van der Waals surface area (Å²) in [6.45, 7) is 3.01. The molecule has 1 rings (SSSR count). The zero-order valence-electron chi connectivity index (χ0n) is 12.6. The molecule has 120 valence electrons. The Morgan fingerprint density at radius 1 is 1.36 bits per heavy atom. The zero-order valence-corrected chi connectivity index (χ0v) is 12.6. The van der Waals surface area contributed by atoms with E-state index < -0.39 is 36.0 Å². The van der Waals surface area contributed by atoms with Gasteiger partial charge < -0.3 is 9.84 Å². The average Bonchev–Trinajstić information content (AvgIpc) is 2.47. The lowest BCUT2D eigenvalue weighted by Gasteiger charge is -2.22. The van der Waals surface area contributed by atoms with Crippen molar-refractivity contribution in [2.24, 2.45) is 5.92 Å². The SMILES string of the molecule is CCOC(=O)CC(c1c(F)cc(CO)cc1F)C(C#N)CC. The van der Waals surface area contributed by atoms with Gasteiger partial charge in [0.15, 0.2) is 0 Å². The summed E-state index contributed by atoms with van der Waals surface area (Å²) < 4.78 is 33.2. The largest absolute Gasteiger partial charge is 0.466 e. The molecule has 1 aromatic carbocycles. The van der Waals surface area contributed by atoms with Crippen LogP contribution in [0.1, 0.15) is 43.7 Å². The minimum Gasteiger partial charge on any atom is -0.466 e. The summed E-state index contributed by atoms with van der Waals surface area (Å²) in [5.41, 5.74) is -0.211. The minimum absolute atomic E-state index is 0.0960. The van der Waals surface area contributed by atoms with Gasteiger partial charge >= 0.3 is 5.97 Å². The van der Waals surface area contributed by atoms with Crippen LogP contribution in [0.15, 0.2) is 12.1 Å². The van der Waals surface area contributed by atoms with Crippen molar-refractivity contribution >= 4 is 5.97 Å². The first-order valence-electron chi connectivity index (χ1n) is 7.12. The number of hydrogen-bond donors (Lipinski definition) is 1. The monoisotopic (exact) mass is 311 g/mol. The fraction of sp³-hybridized carbons (Fsp3) is 0.500. The van der Waals surface area contributed by atoms with Gasteiger partial charge in [0.2, 0.25) is 0 Å². The number of hydrogen-bond acceptors (Lipinski definition) is 4. The zero-order chi connectivity index (χ0) is 16.7. The van der Waals surface area contributed by atoms with Crippen LogP contribution in [0.5, 0.6) is 0 Å². The van der Waals surface area contributed by atoms with Crippen LogP contribution in [0.25, 0.3) is 0 Å². The number of rotatable bonds is 7. The molecule has 2 atom stereocenters. The van der Waals surface area contributed by atoms with E-state index in [-0.39, 0.29) is 24.2 Å².